The normalized spacial score (nSPS) is 39.8. The fourth-order valence-electron chi connectivity index (χ4n) is 0.833. The van der Waals surface area contributed by atoms with E-state index in [0.29, 0.717) is 0 Å². The summed E-state index contributed by atoms with van der Waals surface area (Å²) >= 11 is 0. The molecule has 1 atom stereocenters. The van der Waals surface area contributed by atoms with Crippen LogP contribution in [0.4, 0.5) is 0 Å². The van der Waals surface area contributed by atoms with Gasteiger partial charge in [-0.2, -0.15) is 0 Å². The van der Waals surface area contributed by atoms with Gasteiger partial charge in [-0.1, -0.05) is 0 Å². The van der Waals surface area contributed by atoms with E-state index in [1.54, 1.807) is 0 Å². The summed E-state index contributed by atoms with van der Waals surface area (Å²) in [7, 11) is -1.84. The van der Waals surface area contributed by atoms with Gasteiger partial charge >= 0.3 is 0 Å². The summed E-state index contributed by atoms with van der Waals surface area (Å²) < 4.78 is 5.13. The lowest BCUT2D eigenvalue weighted by Gasteiger charge is -2.29. The lowest BCUT2D eigenvalue weighted by molar-refractivity contribution is 0.268. The fraction of sp³-hybridized carbons (Fsp3) is 1.00. The molecule has 1 rings (SSSR count). The lowest BCUT2D eigenvalue weighted by atomic mass is 10.4. The van der Waals surface area contributed by atoms with Crippen LogP contribution >= 0.6 is 7.72 Å². The summed E-state index contributed by atoms with van der Waals surface area (Å²) in [6.07, 6.45) is 3.16. The quantitative estimate of drug-likeness (QED) is 0.507. The first kappa shape index (κ1) is 6.47. The average Bonchev–Trinajstić information content (AvgIpc) is 1.65. The molecule has 3 heteroatoms. The van der Waals surface area contributed by atoms with Crippen molar-refractivity contribution >= 4 is 7.72 Å². The van der Waals surface area contributed by atoms with Crippen molar-refractivity contribution in [3.8, 4) is 0 Å². The summed E-state index contributed by atoms with van der Waals surface area (Å²) in [5.74, 6) is 0. The predicted octanol–water partition coefficient (Wildman–Crippen LogP) is 1.27. The summed E-state index contributed by atoms with van der Waals surface area (Å²) in [4.78, 5) is 9.26. The minimum Gasteiger partial charge on any atom is -0.356 e. The van der Waals surface area contributed by atoms with Crippen LogP contribution in [0.5, 0.6) is 0 Å². The third-order valence-corrected chi connectivity index (χ3v) is 3.22. The van der Waals surface area contributed by atoms with Crippen LogP contribution in [0, 0.1) is 0 Å². The molecule has 1 unspecified atom stereocenters. The Balaban J connectivity index is 2.33. The van der Waals surface area contributed by atoms with Gasteiger partial charge in [0.15, 0.2) is 0 Å². The molecule has 1 N–H and O–H groups in total. The molecule has 8 heavy (non-hydrogen) atoms. The number of hydrogen-bond acceptors (Lipinski definition) is 2. The van der Waals surface area contributed by atoms with Crippen molar-refractivity contribution in [1.82, 2.24) is 0 Å². The molecule has 1 saturated heterocycles. The van der Waals surface area contributed by atoms with E-state index in [2.05, 4.69) is 0 Å². The Bertz CT molecular complexity index is 74.5. The van der Waals surface area contributed by atoms with Gasteiger partial charge in [-0.05, 0) is 19.5 Å². The second-order valence-electron chi connectivity index (χ2n) is 2.31. The van der Waals surface area contributed by atoms with Crippen LogP contribution in [0.15, 0.2) is 0 Å². The maximum absolute atomic E-state index is 9.26. The van der Waals surface area contributed by atoms with Crippen LogP contribution in [0.2, 0.25) is 0 Å². The molecule has 0 spiro atoms. The molecule has 1 fully saturated rings. The molecular formula is C5H12O2P. The SMILES string of the molecule is C[P]1(O)CCCCO1. The standard InChI is InChI=1S/C5H12O2P/c1-8(6)5-3-2-4-7-8/h6H,2-5H2,1H3. The van der Waals surface area contributed by atoms with E-state index >= 15 is 0 Å². The highest BCUT2D eigenvalue weighted by Gasteiger charge is 2.21. The van der Waals surface area contributed by atoms with E-state index in [9.17, 15) is 4.89 Å². The predicted molar refractivity (Wildman–Crippen MR) is 35.1 cm³/mol. The Morgan fingerprint density at radius 1 is 1.50 bits per heavy atom. The van der Waals surface area contributed by atoms with E-state index in [1.165, 1.54) is 0 Å². The maximum atomic E-state index is 9.26. The minimum atomic E-state index is -1.84. The Hall–Kier alpha value is 0.350. The molecule has 0 bridgehead atoms. The number of hydrogen-bond donors (Lipinski definition) is 1. The van der Waals surface area contributed by atoms with Gasteiger partial charge in [0.05, 0.1) is 14.3 Å². The zero-order chi connectivity index (χ0) is 6.04. The van der Waals surface area contributed by atoms with Crippen molar-refractivity contribution in [2.24, 2.45) is 0 Å². The molecular weight excluding hydrogens is 123 g/mol. The molecule has 0 aromatic carbocycles. The zero-order valence-corrected chi connectivity index (χ0v) is 6.03. The zero-order valence-electron chi connectivity index (χ0n) is 5.13. The van der Waals surface area contributed by atoms with Gasteiger partial charge in [-0.15, -0.1) is 0 Å². The van der Waals surface area contributed by atoms with E-state index in [1.807, 2.05) is 6.66 Å². The van der Waals surface area contributed by atoms with Gasteiger partial charge in [0, 0.05) is 6.16 Å². The van der Waals surface area contributed by atoms with Crippen molar-refractivity contribution in [2.75, 3.05) is 19.4 Å². The van der Waals surface area contributed by atoms with Crippen LogP contribution in [-0.4, -0.2) is 24.3 Å². The number of rotatable bonds is 0. The van der Waals surface area contributed by atoms with Crippen molar-refractivity contribution < 1.29 is 9.42 Å². The molecule has 1 aliphatic heterocycles. The van der Waals surface area contributed by atoms with Crippen LogP contribution in [-0.2, 0) is 4.52 Å². The molecule has 1 radical (unpaired) electrons. The van der Waals surface area contributed by atoms with Crippen LogP contribution in [0.1, 0.15) is 12.8 Å². The molecule has 0 aromatic heterocycles. The molecule has 1 aliphatic rings. The first-order valence-corrected chi connectivity index (χ1v) is 5.23. The smallest absolute Gasteiger partial charge is 0.0959 e. The van der Waals surface area contributed by atoms with Crippen LogP contribution < -0.4 is 0 Å². The second kappa shape index (κ2) is 2.30. The molecule has 0 aliphatic carbocycles. The third-order valence-electron chi connectivity index (χ3n) is 1.34. The summed E-state index contributed by atoms with van der Waals surface area (Å²) in [6, 6.07) is 0. The molecule has 0 amide bonds. The average molecular weight is 135 g/mol. The lowest BCUT2D eigenvalue weighted by Crippen LogP contribution is -2.08. The van der Waals surface area contributed by atoms with Crippen LogP contribution in [0.3, 0.4) is 0 Å². The van der Waals surface area contributed by atoms with Gasteiger partial charge in [-0.25, -0.2) is 0 Å². The van der Waals surface area contributed by atoms with Crippen LogP contribution in [0.25, 0.3) is 0 Å². The highest BCUT2D eigenvalue weighted by atomic mass is 31.2. The molecule has 2 nitrogen and oxygen atoms in total. The Morgan fingerprint density at radius 3 is 2.50 bits per heavy atom. The topological polar surface area (TPSA) is 29.5 Å². The summed E-state index contributed by atoms with van der Waals surface area (Å²) in [6.45, 7) is 2.59. The highest BCUT2D eigenvalue weighted by Crippen LogP contribution is 2.54. The highest BCUT2D eigenvalue weighted by molar-refractivity contribution is 7.64. The monoisotopic (exact) mass is 135 g/mol. The first-order chi connectivity index (χ1) is 3.71. The van der Waals surface area contributed by atoms with E-state index in [4.69, 9.17) is 4.52 Å². The van der Waals surface area contributed by atoms with Gasteiger partial charge in [0.2, 0.25) is 0 Å². The van der Waals surface area contributed by atoms with Gasteiger partial charge in [0.1, 0.15) is 0 Å². The van der Waals surface area contributed by atoms with Crippen molar-refractivity contribution in [2.45, 2.75) is 12.8 Å². The van der Waals surface area contributed by atoms with Gasteiger partial charge < -0.3 is 9.42 Å². The van der Waals surface area contributed by atoms with Crippen molar-refractivity contribution in [1.29, 1.82) is 0 Å². The van der Waals surface area contributed by atoms with Gasteiger partial charge in [-0.3, -0.25) is 0 Å². The molecule has 1 heterocycles. The summed E-state index contributed by atoms with van der Waals surface area (Å²) in [5.41, 5.74) is 0. The molecule has 49 valence electrons. The van der Waals surface area contributed by atoms with E-state index in [0.717, 1.165) is 25.6 Å². The first-order valence-electron chi connectivity index (χ1n) is 2.93. The molecule has 0 aromatic rings. The Kier molecular flexibility index (Phi) is 1.86. The van der Waals surface area contributed by atoms with E-state index < -0.39 is 7.72 Å². The van der Waals surface area contributed by atoms with E-state index in [-0.39, 0.29) is 0 Å². The summed E-state index contributed by atoms with van der Waals surface area (Å²) in [5, 5.41) is 0. The van der Waals surface area contributed by atoms with Crippen molar-refractivity contribution in [3.05, 3.63) is 0 Å². The minimum absolute atomic E-state index is 0.765. The fourth-order valence-corrected chi connectivity index (χ4v) is 2.29. The van der Waals surface area contributed by atoms with Crippen molar-refractivity contribution in [3.63, 3.8) is 0 Å². The van der Waals surface area contributed by atoms with Gasteiger partial charge in [0.25, 0.3) is 0 Å². The molecule has 0 saturated carbocycles. The third kappa shape index (κ3) is 1.70. The Labute approximate surface area is 50.4 Å². The Morgan fingerprint density at radius 2 is 2.25 bits per heavy atom. The second-order valence-corrected chi connectivity index (χ2v) is 5.12. The largest absolute Gasteiger partial charge is 0.356 e. The maximum Gasteiger partial charge on any atom is 0.0959 e.